The van der Waals surface area contributed by atoms with Crippen LogP contribution in [0.5, 0.6) is 0 Å². The van der Waals surface area contributed by atoms with Gasteiger partial charge in [-0.25, -0.2) is 4.39 Å². The molecule has 7 heteroatoms. The molecule has 2 rings (SSSR count). The fourth-order valence-corrected chi connectivity index (χ4v) is 1.68. The number of alkyl halides is 3. The van der Waals surface area contributed by atoms with Crippen molar-refractivity contribution in [3.63, 3.8) is 0 Å². The van der Waals surface area contributed by atoms with Gasteiger partial charge < -0.3 is 5.32 Å². The summed E-state index contributed by atoms with van der Waals surface area (Å²) in [7, 11) is 0. The molecule has 110 valence electrons. The van der Waals surface area contributed by atoms with Crippen LogP contribution in [0.4, 0.5) is 23.2 Å². The zero-order chi connectivity index (χ0) is 15.6. The Hall–Kier alpha value is -2.44. The van der Waals surface area contributed by atoms with Crippen LogP contribution in [0.25, 0.3) is 0 Å². The highest BCUT2D eigenvalue weighted by molar-refractivity contribution is 6.04. The highest BCUT2D eigenvalue weighted by Gasteiger charge is 2.32. The van der Waals surface area contributed by atoms with Crippen LogP contribution in [-0.4, -0.2) is 10.9 Å². The van der Waals surface area contributed by atoms with Crippen LogP contribution in [0.3, 0.4) is 0 Å². The first-order chi connectivity index (χ1) is 9.79. The van der Waals surface area contributed by atoms with Gasteiger partial charge in [-0.05, 0) is 37.3 Å². The van der Waals surface area contributed by atoms with Crippen molar-refractivity contribution in [3.05, 3.63) is 59.2 Å². The topological polar surface area (TPSA) is 42.0 Å². The highest BCUT2D eigenvalue weighted by Crippen LogP contribution is 2.30. The van der Waals surface area contributed by atoms with E-state index in [1.54, 1.807) is 13.0 Å². The van der Waals surface area contributed by atoms with E-state index in [-0.39, 0.29) is 0 Å². The van der Waals surface area contributed by atoms with Gasteiger partial charge in [0.15, 0.2) is 0 Å². The summed E-state index contributed by atoms with van der Waals surface area (Å²) in [6.45, 7) is 1.61. The molecule has 21 heavy (non-hydrogen) atoms. The Morgan fingerprint density at radius 3 is 2.57 bits per heavy atom. The maximum absolute atomic E-state index is 13.6. The number of amides is 1. The van der Waals surface area contributed by atoms with Crippen LogP contribution in [0, 0.1) is 12.7 Å². The highest BCUT2D eigenvalue weighted by atomic mass is 19.4. The molecule has 0 bridgehead atoms. The molecule has 2 aromatic rings. The lowest BCUT2D eigenvalue weighted by atomic mass is 10.1. The largest absolute Gasteiger partial charge is 0.416 e. The Balaban J connectivity index is 2.33. The molecule has 1 aromatic heterocycles. The van der Waals surface area contributed by atoms with Gasteiger partial charge in [0.2, 0.25) is 0 Å². The molecule has 0 saturated carbocycles. The zero-order valence-corrected chi connectivity index (χ0v) is 10.8. The minimum absolute atomic E-state index is 0.305. The second kappa shape index (κ2) is 5.51. The Labute approximate surface area is 117 Å². The summed E-state index contributed by atoms with van der Waals surface area (Å²) in [5, 5.41) is 2.34. The number of benzene rings is 1. The number of halogens is 4. The third-order valence-corrected chi connectivity index (χ3v) is 2.79. The van der Waals surface area contributed by atoms with Crippen molar-refractivity contribution in [3.8, 4) is 0 Å². The van der Waals surface area contributed by atoms with Crippen molar-refractivity contribution in [2.45, 2.75) is 13.1 Å². The number of nitrogens with one attached hydrogen (secondary N) is 1. The van der Waals surface area contributed by atoms with Gasteiger partial charge in [0.05, 0.1) is 22.5 Å². The number of pyridine rings is 1. The summed E-state index contributed by atoms with van der Waals surface area (Å²) >= 11 is 0. The molecular formula is C14H10F4N2O. The molecule has 1 N–H and O–H groups in total. The molecule has 0 aliphatic heterocycles. The number of hydrogen-bond donors (Lipinski definition) is 1. The van der Waals surface area contributed by atoms with Gasteiger partial charge >= 0.3 is 6.18 Å². The molecule has 0 aliphatic carbocycles. The fraction of sp³-hybridized carbons (Fsp3) is 0.143. The molecule has 1 amide bonds. The Morgan fingerprint density at radius 2 is 1.95 bits per heavy atom. The standard InChI is InChI=1S/C14H10F4N2O/c1-8-12(3-2-6-19-8)20-13(21)10-7-9(14(16,17)18)4-5-11(10)15/h2-7H,1H3,(H,20,21). The number of carbonyl (C=O) groups is 1. The SMILES string of the molecule is Cc1ncccc1NC(=O)c1cc(C(F)(F)F)ccc1F. The number of carbonyl (C=O) groups excluding carboxylic acids is 1. The van der Waals surface area contributed by atoms with Crippen LogP contribution in [0.15, 0.2) is 36.5 Å². The lowest BCUT2D eigenvalue weighted by Gasteiger charge is -2.11. The first-order valence-corrected chi connectivity index (χ1v) is 5.89. The minimum atomic E-state index is -4.65. The predicted molar refractivity (Wildman–Crippen MR) is 68.3 cm³/mol. The summed E-state index contributed by atoms with van der Waals surface area (Å²) < 4.78 is 51.3. The van der Waals surface area contributed by atoms with Gasteiger partial charge in [-0.2, -0.15) is 13.2 Å². The third kappa shape index (κ3) is 3.36. The quantitative estimate of drug-likeness (QED) is 0.857. The predicted octanol–water partition coefficient (Wildman–Crippen LogP) is 3.80. The molecule has 0 fully saturated rings. The van der Waals surface area contributed by atoms with Crippen molar-refractivity contribution in [2.24, 2.45) is 0 Å². The summed E-state index contributed by atoms with van der Waals surface area (Å²) in [5.41, 5.74) is -0.984. The molecule has 0 saturated heterocycles. The first kappa shape index (κ1) is 15.0. The van der Waals surface area contributed by atoms with Crippen molar-refractivity contribution in [1.29, 1.82) is 0 Å². The molecule has 0 spiro atoms. The average molecular weight is 298 g/mol. The maximum atomic E-state index is 13.6. The van der Waals surface area contributed by atoms with Gasteiger partial charge in [0.1, 0.15) is 5.82 Å². The molecule has 0 radical (unpaired) electrons. The first-order valence-electron chi connectivity index (χ1n) is 5.89. The van der Waals surface area contributed by atoms with Gasteiger partial charge in [-0.15, -0.1) is 0 Å². The smallest absolute Gasteiger partial charge is 0.320 e. The van der Waals surface area contributed by atoms with Crippen molar-refractivity contribution >= 4 is 11.6 Å². The molecule has 1 aromatic carbocycles. The lowest BCUT2D eigenvalue weighted by molar-refractivity contribution is -0.137. The van der Waals surface area contributed by atoms with E-state index in [2.05, 4.69) is 10.3 Å². The average Bonchev–Trinajstić information content (AvgIpc) is 2.40. The van der Waals surface area contributed by atoms with Crippen LogP contribution in [0.1, 0.15) is 21.6 Å². The molecule has 0 atom stereocenters. The van der Waals surface area contributed by atoms with Gasteiger partial charge in [-0.3, -0.25) is 9.78 Å². The van der Waals surface area contributed by atoms with Gasteiger partial charge in [0.25, 0.3) is 5.91 Å². The fourth-order valence-electron chi connectivity index (χ4n) is 1.68. The van der Waals surface area contributed by atoms with Crippen molar-refractivity contribution in [1.82, 2.24) is 4.98 Å². The monoisotopic (exact) mass is 298 g/mol. The molecule has 1 heterocycles. The molecule has 0 unspecified atom stereocenters. The molecule has 3 nitrogen and oxygen atoms in total. The Kier molecular flexibility index (Phi) is 3.93. The maximum Gasteiger partial charge on any atom is 0.416 e. The van der Waals surface area contributed by atoms with Crippen LogP contribution >= 0.6 is 0 Å². The van der Waals surface area contributed by atoms with Gasteiger partial charge in [-0.1, -0.05) is 0 Å². The van der Waals surface area contributed by atoms with Crippen molar-refractivity contribution < 1.29 is 22.4 Å². The third-order valence-electron chi connectivity index (χ3n) is 2.79. The molecule has 0 aliphatic rings. The number of hydrogen-bond acceptors (Lipinski definition) is 2. The Morgan fingerprint density at radius 1 is 1.24 bits per heavy atom. The van der Waals surface area contributed by atoms with Gasteiger partial charge in [0, 0.05) is 6.20 Å². The Bertz CT molecular complexity index is 683. The second-order valence-corrected chi connectivity index (χ2v) is 4.28. The zero-order valence-electron chi connectivity index (χ0n) is 10.8. The summed E-state index contributed by atoms with van der Waals surface area (Å²) in [5.74, 6) is -1.99. The van der Waals surface area contributed by atoms with Crippen LogP contribution in [-0.2, 0) is 6.18 Å². The van der Waals surface area contributed by atoms with Crippen molar-refractivity contribution in [2.75, 3.05) is 5.32 Å². The van der Waals surface area contributed by atoms with E-state index in [0.29, 0.717) is 29.6 Å². The van der Waals surface area contributed by atoms with E-state index < -0.39 is 29.0 Å². The van der Waals surface area contributed by atoms with Crippen LogP contribution < -0.4 is 5.32 Å². The molecular weight excluding hydrogens is 288 g/mol. The normalized spacial score (nSPS) is 11.3. The number of nitrogens with zero attached hydrogens (tertiary/aromatic N) is 1. The summed E-state index contributed by atoms with van der Waals surface area (Å²) in [6, 6.07) is 4.75. The number of anilines is 1. The van der Waals surface area contributed by atoms with E-state index in [1.807, 2.05) is 0 Å². The number of rotatable bonds is 2. The second-order valence-electron chi connectivity index (χ2n) is 4.28. The number of aryl methyl sites for hydroxylation is 1. The van der Waals surface area contributed by atoms with E-state index >= 15 is 0 Å². The minimum Gasteiger partial charge on any atom is -0.320 e. The van der Waals surface area contributed by atoms with E-state index in [4.69, 9.17) is 0 Å². The number of aromatic nitrogens is 1. The van der Waals surface area contributed by atoms with E-state index in [0.717, 1.165) is 0 Å². The summed E-state index contributed by atoms with van der Waals surface area (Å²) in [6.07, 6.45) is -3.15. The summed E-state index contributed by atoms with van der Waals surface area (Å²) in [4.78, 5) is 15.8. The van der Waals surface area contributed by atoms with E-state index in [9.17, 15) is 22.4 Å². The van der Waals surface area contributed by atoms with Crippen LogP contribution in [0.2, 0.25) is 0 Å². The lowest BCUT2D eigenvalue weighted by Crippen LogP contribution is -2.16. The van der Waals surface area contributed by atoms with E-state index in [1.165, 1.54) is 12.3 Å².